The summed E-state index contributed by atoms with van der Waals surface area (Å²) >= 11 is 0. The fourth-order valence-electron chi connectivity index (χ4n) is 2.27. The highest BCUT2D eigenvalue weighted by Crippen LogP contribution is 2.22. The average Bonchev–Trinajstić information content (AvgIpc) is 2.38. The Morgan fingerprint density at radius 1 is 1.25 bits per heavy atom. The van der Waals surface area contributed by atoms with Crippen LogP contribution in [-0.4, -0.2) is 12.7 Å². The molecule has 0 aliphatic carbocycles. The second kappa shape index (κ2) is 6.02. The predicted octanol–water partition coefficient (Wildman–Crippen LogP) is 3.04. The van der Waals surface area contributed by atoms with E-state index in [4.69, 9.17) is 10.5 Å². The minimum Gasteiger partial charge on any atom is -0.378 e. The predicted molar refractivity (Wildman–Crippen MR) is 66.2 cm³/mol. The lowest BCUT2D eigenvalue weighted by molar-refractivity contribution is 0.00912. The molecule has 1 aliphatic heterocycles. The van der Waals surface area contributed by atoms with E-state index < -0.39 is 0 Å². The van der Waals surface area contributed by atoms with Crippen LogP contribution in [0.5, 0.6) is 0 Å². The summed E-state index contributed by atoms with van der Waals surface area (Å²) in [5.74, 6) is 0. The molecule has 1 heterocycles. The highest BCUT2D eigenvalue weighted by molar-refractivity contribution is 5.18. The van der Waals surface area contributed by atoms with Gasteiger partial charge in [0.25, 0.3) is 0 Å². The van der Waals surface area contributed by atoms with Gasteiger partial charge in [0.15, 0.2) is 0 Å². The minimum atomic E-state index is 0.159. The molecule has 2 unspecified atom stereocenters. The lowest BCUT2D eigenvalue weighted by Gasteiger charge is -2.23. The molecule has 0 bridgehead atoms. The van der Waals surface area contributed by atoms with Gasteiger partial charge in [-0.3, -0.25) is 0 Å². The van der Waals surface area contributed by atoms with Gasteiger partial charge >= 0.3 is 0 Å². The molecule has 2 nitrogen and oxygen atoms in total. The molecular formula is C14H21NO. The van der Waals surface area contributed by atoms with Gasteiger partial charge in [-0.15, -0.1) is 0 Å². The molecule has 0 amide bonds. The van der Waals surface area contributed by atoms with Gasteiger partial charge in [-0.05, 0) is 37.7 Å². The molecule has 0 saturated carbocycles. The van der Waals surface area contributed by atoms with Crippen LogP contribution in [0.15, 0.2) is 30.3 Å². The number of hydrogen-bond acceptors (Lipinski definition) is 2. The molecule has 1 aromatic carbocycles. The third-order valence-electron chi connectivity index (χ3n) is 3.30. The summed E-state index contributed by atoms with van der Waals surface area (Å²) in [6.45, 7) is 0.936. The maximum absolute atomic E-state index is 6.16. The normalized spacial score (nSPS) is 22.9. The molecular weight excluding hydrogens is 198 g/mol. The molecule has 1 aliphatic rings. The second-order valence-corrected chi connectivity index (χ2v) is 4.58. The lowest BCUT2D eigenvalue weighted by Crippen LogP contribution is -2.21. The van der Waals surface area contributed by atoms with Crippen molar-refractivity contribution in [2.45, 2.75) is 44.2 Å². The monoisotopic (exact) mass is 219 g/mol. The van der Waals surface area contributed by atoms with Crippen molar-refractivity contribution in [2.24, 2.45) is 5.73 Å². The molecule has 0 radical (unpaired) electrons. The lowest BCUT2D eigenvalue weighted by atomic mass is 9.98. The first kappa shape index (κ1) is 11.6. The third kappa shape index (κ3) is 3.32. The van der Waals surface area contributed by atoms with Crippen LogP contribution in [0, 0.1) is 0 Å². The first-order chi connectivity index (χ1) is 7.86. The van der Waals surface area contributed by atoms with Gasteiger partial charge in [-0.2, -0.15) is 0 Å². The summed E-state index contributed by atoms with van der Waals surface area (Å²) in [7, 11) is 0. The Bertz CT molecular complexity index is 293. The fourth-order valence-corrected chi connectivity index (χ4v) is 2.27. The van der Waals surface area contributed by atoms with Gasteiger partial charge in [0.05, 0.1) is 6.10 Å². The van der Waals surface area contributed by atoms with Gasteiger partial charge in [0.1, 0.15) is 0 Å². The number of nitrogens with two attached hydrogens (primary N) is 1. The molecule has 1 aromatic rings. The molecule has 0 aromatic heterocycles. The van der Waals surface area contributed by atoms with Crippen LogP contribution in [0.3, 0.4) is 0 Å². The van der Waals surface area contributed by atoms with E-state index in [2.05, 4.69) is 12.1 Å². The molecule has 0 spiro atoms. The molecule has 2 heteroatoms. The van der Waals surface area contributed by atoms with Gasteiger partial charge in [-0.25, -0.2) is 0 Å². The Morgan fingerprint density at radius 3 is 2.75 bits per heavy atom. The highest BCUT2D eigenvalue weighted by Gasteiger charge is 2.15. The zero-order chi connectivity index (χ0) is 11.2. The molecule has 1 fully saturated rings. The Kier molecular flexibility index (Phi) is 4.37. The Hall–Kier alpha value is -0.860. The third-order valence-corrected chi connectivity index (χ3v) is 3.30. The summed E-state index contributed by atoms with van der Waals surface area (Å²) in [6, 6.07) is 10.5. The summed E-state index contributed by atoms with van der Waals surface area (Å²) in [5.41, 5.74) is 7.39. The van der Waals surface area contributed by atoms with E-state index in [1.54, 1.807) is 0 Å². The van der Waals surface area contributed by atoms with E-state index in [1.807, 2.05) is 18.2 Å². The van der Waals surface area contributed by atoms with E-state index in [1.165, 1.54) is 24.8 Å². The molecule has 2 atom stereocenters. The molecule has 2 rings (SSSR count). The van der Waals surface area contributed by atoms with E-state index in [-0.39, 0.29) is 6.04 Å². The van der Waals surface area contributed by atoms with Crippen LogP contribution in [0.25, 0.3) is 0 Å². The van der Waals surface area contributed by atoms with Crippen LogP contribution in [0.1, 0.15) is 43.7 Å². The topological polar surface area (TPSA) is 35.2 Å². The number of benzene rings is 1. The quantitative estimate of drug-likeness (QED) is 0.844. The van der Waals surface area contributed by atoms with Crippen LogP contribution in [-0.2, 0) is 4.74 Å². The first-order valence-corrected chi connectivity index (χ1v) is 6.28. The molecule has 2 N–H and O–H groups in total. The molecule has 16 heavy (non-hydrogen) atoms. The fraction of sp³-hybridized carbons (Fsp3) is 0.571. The smallest absolute Gasteiger partial charge is 0.0575 e. The zero-order valence-corrected chi connectivity index (χ0v) is 9.77. The summed E-state index contributed by atoms with van der Waals surface area (Å²) in [5, 5.41) is 0. The maximum Gasteiger partial charge on any atom is 0.0575 e. The van der Waals surface area contributed by atoms with Crippen molar-refractivity contribution in [1.29, 1.82) is 0 Å². The van der Waals surface area contributed by atoms with E-state index >= 15 is 0 Å². The van der Waals surface area contributed by atoms with Crippen molar-refractivity contribution in [2.75, 3.05) is 6.61 Å². The SMILES string of the molecule is NC(CCC1CCCCO1)c1ccccc1. The molecule has 1 saturated heterocycles. The van der Waals surface area contributed by atoms with E-state index in [0.29, 0.717) is 6.10 Å². The minimum absolute atomic E-state index is 0.159. The molecule has 88 valence electrons. The van der Waals surface area contributed by atoms with Crippen LogP contribution < -0.4 is 5.73 Å². The second-order valence-electron chi connectivity index (χ2n) is 4.58. The largest absolute Gasteiger partial charge is 0.378 e. The van der Waals surface area contributed by atoms with Gasteiger partial charge < -0.3 is 10.5 Å². The average molecular weight is 219 g/mol. The van der Waals surface area contributed by atoms with Crippen molar-refractivity contribution in [3.05, 3.63) is 35.9 Å². The van der Waals surface area contributed by atoms with Gasteiger partial charge in [0, 0.05) is 12.6 Å². The van der Waals surface area contributed by atoms with Crippen molar-refractivity contribution in [3.8, 4) is 0 Å². The summed E-state index contributed by atoms with van der Waals surface area (Å²) in [6.07, 6.45) is 6.31. The van der Waals surface area contributed by atoms with Crippen LogP contribution in [0.4, 0.5) is 0 Å². The Balaban J connectivity index is 1.77. The van der Waals surface area contributed by atoms with Gasteiger partial charge in [0.2, 0.25) is 0 Å². The Labute approximate surface area is 97.8 Å². The van der Waals surface area contributed by atoms with Crippen molar-refractivity contribution < 1.29 is 4.74 Å². The highest BCUT2D eigenvalue weighted by atomic mass is 16.5. The number of ether oxygens (including phenoxy) is 1. The summed E-state index contributed by atoms with van der Waals surface area (Å²) < 4.78 is 5.71. The Morgan fingerprint density at radius 2 is 2.06 bits per heavy atom. The first-order valence-electron chi connectivity index (χ1n) is 6.28. The number of rotatable bonds is 4. The van der Waals surface area contributed by atoms with Crippen molar-refractivity contribution >= 4 is 0 Å². The standard InChI is InChI=1S/C14H21NO/c15-14(12-6-2-1-3-7-12)10-9-13-8-4-5-11-16-13/h1-3,6-7,13-14H,4-5,8-11,15H2. The summed E-state index contributed by atoms with van der Waals surface area (Å²) in [4.78, 5) is 0. The van der Waals surface area contributed by atoms with Crippen molar-refractivity contribution in [1.82, 2.24) is 0 Å². The number of hydrogen-bond donors (Lipinski definition) is 1. The van der Waals surface area contributed by atoms with Crippen LogP contribution >= 0.6 is 0 Å². The van der Waals surface area contributed by atoms with Crippen LogP contribution in [0.2, 0.25) is 0 Å². The van der Waals surface area contributed by atoms with Crippen molar-refractivity contribution in [3.63, 3.8) is 0 Å². The van der Waals surface area contributed by atoms with E-state index in [0.717, 1.165) is 19.4 Å². The van der Waals surface area contributed by atoms with Gasteiger partial charge in [-0.1, -0.05) is 30.3 Å². The maximum atomic E-state index is 6.16. The van der Waals surface area contributed by atoms with E-state index in [9.17, 15) is 0 Å². The zero-order valence-electron chi connectivity index (χ0n) is 9.77.